The molecule has 27 heavy (non-hydrogen) atoms. The molecule has 0 N–H and O–H groups in total. The van der Waals surface area contributed by atoms with Crippen molar-refractivity contribution in [3.63, 3.8) is 0 Å². The summed E-state index contributed by atoms with van der Waals surface area (Å²) >= 11 is 4.18. The largest absolute Gasteiger partial charge is 0.490 e. The quantitative estimate of drug-likeness (QED) is 0.414. The average Bonchev–Trinajstić information content (AvgIpc) is 2.90. The van der Waals surface area contributed by atoms with Crippen LogP contribution in [0.2, 0.25) is 0 Å². The summed E-state index contributed by atoms with van der Waals surface area (Å²) in [6.07, 6.45) is 2.57. The third-order valence-electron chi connectivity index (χ3n) is 5.17. The van der Waals surface area contributed by atoms with Crippen LogP contribution >= 0.6 is 12.6 Å². The van der Waals surface area contributed by atoms with Crippen molar-refractivity contribution in [3.8, 4) is 5.75 Å². The summed E-state index contributed by atoms with van der Waals surface area (Å²) < 4.78 is 10.8. The van der Waals surface area contributed by atoms with Crippen LogP contribution in [0.25, 0.3) is 6.08 Å². The van der Waals surface area contributed by atoms with Gasteiger partial charge >= 0.3 is 5.97 Å². The second-order valence-corrected chi connectivity index (χ2v) is 8.07. The summed E-state index contributed by atoms with van der Waals surface area (Å²) in [5, 5.41) is 0.00514. The molecule has 0 saturated heterocycles. The first-order valence-electron chi connectivity index (χ1n) is 9.26. The lowest BCUT2D eigenvalue weighted by Crippen LogP contribution is -2.22. The maximum absolute atomic E-state index is 11.5. The summed E-state index contributed by atoms with van der Waals surface area (Å²) in [4.78, 5) is 11.5. The number of esters is 1. The summed E-state index contributed by atoms with van der Waals surface area (Å²) in [7, 11) is 0. The van der Waals surface area contributed by atoms with Gasteiger partial charge in [-0.05, 0) is 42.7 Å². The molecule has 0 aromatic heterocycles. The Bertz CT molecular complexity index is 839. The van der Waals surface area contributed by atoms with Crippen LogP contribution in [-0.4, -0.2) is 24.4 Å². The predicted octanol–water partition coefficient (Wildman–Crippen LogP) is 5.04. The molecule has 1 aliphatic carbocycles. The van der Waals surface area contributed by atoms with E-state index in [0.29, 0.717) is 13.0 Å². The number of thiol groups is 1. The van der Waals surface area contributed by atoms with Crippen LogP contribution < -0.4 is 4.74 Å². The maximum atomic E-state index is 11.5. The third-order valence-corrected chi connectivity index (χ3v) is 5.35. The molecule has 2 aromatic rings. The van der Waals surface area contributed by atoms with Crippen LogP contribution in [0.4, 0.5) is 0 Å². The monoisotopic (exact) mass is 382 g/mol. The van der Waals surface area contributed by atoms with Crippen molar-refractivity contribution in [2.75, 3.05) is 13.2 Å². The van der Waals surface area contributed by atoms with E-state index in [4.69, 9.17) is 9.47 Å². The molecule has 3 rings (SSSR count). The molecule has 2 aromatic carbocycles. The van der Waals surface area contributed by atoms with E-state index in [-0.39, 0.29) is 23.2 Å². The first-order valence-corrected chi connectivity index (χ1v) is 9.78. The van der Waals surface area contributed by atoms with Crippen LogP contribution in [0, 0.1) is 0 Å². The zero-order chi connectivity index (χ0) is 19.4. The van der Waals surface area contributed by atoms with Crippen LogP contribution in [0.15, 0.2) is 54.1 Å². The van der Waals surface area contributed by atoms with E-state index in [0.717, 1.165) is 5.75 Å². The molecular formula is C23H26O3S. The van der Waals surface area contributed by atoms with Gasteiger partial charge in [-0.3, -0.25) is 4.79 Å². The van der Waals surface area contributed by atoms with Crippen LogP contribution in [0.3, 0.4) is 0 Å². The molecule has 142 valence electrons. The maximum Gasteiger partial charge on any atom is 0.307 e. The van der Waals surface area contributed by atoms with E-state index >= 15 is 0 Å². The van der Waals surface area contributed by atoms with Gasteiger partial charge in [-0.2, -0.15) is 12.6 Å². The fourth-order valence-corrected chi connectivity index (χ4v) is 3.70. The molecule has 0 saturated carbocycles. The van der Waals surface area contributed by atoms with Crippen molar-refractivity contribution < 1.29 is 14.3 Å². The van der Waals surface area contributed by atoms with E-state index in [1.54, 1.807) is 0 Å². The first kappa shape index (κ1) is 19.6. The molecule has 4 heteroatoms. The molecule has 3 nitrogen and oxygen atoms in total. The van der Waals surface area contributed by atoms with Crippen molar-refractivity contribution in [1.82, 2.24) is 0 Å². The van der Waals surface area contributed by atoms with E-state index in [1.807, 2.05) is 19.1 Å². The second-order valence-electron chi connectivity index (χ2n) is 7.19. The van der Waals surface area contributed by atoms with Gasteiger partial charge in [0.05, 0.1) is 6.42 Å². The Hall–Kier alpha value is -2.20. The Morgan fingerprint density at radius 1 is 1.11 bits per heavy atom. The van der Waals surface area contributed by atoms with Gasteiger partial charge in [0.25, 0.3) is 0 Å². The number of carbonyl (C=O) groups is 1. The second kappa shape index (κ2) is 8.22. The van der Waals surface area contributed by atoms with Gasteiger partial charge in [-0.1, -0.05) is 55.0 Å². The van der Waals surface area contributed by atoms with Gasteiger partial charge in [-0.25, -0.2) is 0 Å². The lowest BCUT2D eigenvalue weighted by Gasteiger charge is -2.29. The normalized spacial score (nSPS) is 19.2. The van der Waals surface area contributed by atoms with Crippen LogP contribution in [-0.2, 0) is 14.9 Å². The van der Waals surface area contributed by atoms with Crippen LogP contribution in [0.5, 0.6) is 5.75 Å². The Morgan fingerprint density at radius 3 is 2.52 bits per heavy atom. The van der Waals surface area contributed by atoms with Gasteiger partial charge in [0.2, 0.25) is 0 Å². The number of ether oxygens (including phenoxy) is 2. The third kappa shape index (κ3) is 4.22. The number of benzene rings is 2. The lowest BCUT2D eigenvalue weighted by atomic mass is 9.74. The molecule has 1 aliphatic rings. The number of allylic oxidation sites excluding steroid dienone is 1. The topological polar surface area (TPSA) is 35.5 Å². The zero-order valence-corrected chi connectivity index (χ0v) is 17.0. The minimum Gasteiger partial charge on any atom is -0.490 e. The van der Waals surface area contributed by atoms with Crippen molar-refractivity contribution in [2.45, 2.75) is 37.9 Å². The van der Waals surface area contributed by atoms with Gasteiger partial charge in [0, 0.05) is 10.7 Å². The number of rotatable bonds is 7. The molecule has 0 amide bonds. The fourth-order valence-electron chi connectivity index (χ4n) is 3.55. The average molecular weight is 383 g/mol. The number of carbonyl (C=O) groups excluding carboxylic acids is 1. The summed E-state index contributed by atoms with van der Waals surface area (Å²) in [6, 6.07) is 16.7. The standard InChI is InChI=1S/C23H26O3S/c1-16-14-18-6-4-5-7-21(18)23(16,3)19-8-10-20(11-9-19)25-12-13-26-22(24)15-17(2)27/h4-11,14,17,27H,12-13,15H2,1-3H3. The first-order chi connectivity index (χ1) is 12.9. The highest BCUT2D eigenvalue weighted by Gasteiger charge is 2.36. The van der Waals surface area contributed by atoms with Crippen molar-refractivity contribution in [2.24, 2.45) is 0 Å². The van der Waals surface area contributed by atoms with Crippen molar-refractivity contribution >= 4 is 24.7 Å². The summed E-state index contributed by atoms with van der Waals surface area (Å²) in [6.45, 7) is 6.90. The molecule has 0 fully saturated rings. The highest BCUT2D eigenvalue weighted by Crippen LogP contribution is 2.46. The Balaban J connectivity index is 1.61. The van der Waals surface area contributed by atoms with Gasteiger partial charge in [-0.15, -0.1) is 0 Å². The van der Waals surface area contributed by atoms with Gasteiger partial charge in [0.1, 0.15) is 19.0 Å². The van der Waals surface area contributed by atoms with Crippen molar-refractivity contribution in [3.05, 3.63) is 70.8 Å². The molecule has 0 spiro atoms. The van der Waals surface area contributed by atoms with E-state index < -0.39 is 0 Å². The smallest absolute Gasteiger partial charge is 0.307 e. The summed E-state index contributed by atoms with van der Waals surface area (Å²) in [5.74, 6) is 0.528. The Kier molecular flexibility index (Phi) is 5.95. The minimum absolute atomic E-state index is 0.00514. The molecule has 0 aliphatic heterocycles. The van der Waals surface area contributed by atoms with Gasteiger partial charge < -0.3 is 9.47 Å². The number of hydrogen-bond donors (Lipinski definition) is 1. The molecule has 2 atom stereocenters. The lowest BCUT2D eigenvalue weighted by molar-refractivity contribution is -0.144. The molecule has 0 heterocycles. The van der Waals surface area contributed by atoms with Gasteiger partial charge in [0.15, 0.2) is 0 Å². The Labute approximate surface area is 166 Å². The van der Waals surface area contributed by atoms with Crippen molar-refractivity contribution in [1.29, 1.82) is 0 Å². The number of hydrogen-bond acceptors (Lipinski definition) is 4. The zero-order valence-electron chi connectivity index (χ0n) is 16.1. The van der Waals surface area contributed by atoms with E-state index in [1.165, 1.54) is 22.3 Å². The number of fused-ring (bicyclic) bond motifs is 1. The molecule has 2 unspecified atom stereocenters. The van der Waals surface area contributed by atoms with Crippen LogP contribution in [0.1, 0.15) is 43.9 Å². The molecular weight excluding hydrogens is 356 g/mol. The molecule has 0 bridgehead atoms. The minimum atomic E-state index is -0.244. The molecule has 0 radical (unpaired) electrons. The highest BCUT2D eigenvalue weighted by atomic mass is 32.1. The highest BCUT2D eigenvalue weighted by molar-refractivity contribution is 7.80. The predicted molar refractivity (Wildman–Crippen MR) is 113 cm³/mol. The van der Waals surface area contributed by atoms with E-state index in [9.17, 15) is 4.79 Å². The Morgan fingerprint density at radius 2 is 1.81 bits per heavy atom. The fraction of sp³-hybridized carbons (Fsp3) is 0.348. The van der Waals surface area contributed by atoms with E-state index in [2.05, 4.69) is 69.0 Å². The SMILES string of the molecule is CC1=Cc2ccccc2C1(C)c1ccc(OCCOC(=O)CC(C)S)cc1. The summed E-state index contributed by atoms with van der Waals surface area (Å²) in [5.41, 5.74) is 5.08.